The van der Waals surface area contributed by atoms with Crippen LogP contribution in [-0.4, -0.2) is 25.8 Å². The minimum atomic E-state index is 0. The van der Waals surface area contributed by atoms with Crippen molar-refractivity contribution in [1.82, 2.24) is 0 Å². The van der Waals surface area contributed by atoms with E-state index in [1.54, 1.807) is 0 Å². The van der Waals surface area contributed by atoms with Crippen molar-refractivity contribution in [1.29, 1.82) is 0 Å². The van der Waals surface area contributed by atoms with E-state index in [0.717, 1.165) is 0 Å². The third-order valence-corrected chi connectivity index (χ3v) is 0. The van der Waals surface area contributed by atoms with Gasteiger partial charge in [-0.15, -0.1) is 37.2 Å². The Morgan fingerprint density at radius 1 is 0.500 bits per heavy atom. The molecule has 0 aliphatic rings. The zero-order valence-corrected chi connectivity index (χ0v) is 7.55. The zero-order valence-electron chi connectivity index (χ0n) is 1.80. The molecule has 0 aliphatic heterocycles. The Bertz CT molecular complexity index is 3.25. The summed E-state index contributed by atoms with van der Waals surface area (Å²) < 4.78 is 0. The summed E-state index contributed by atoms with van der Waals surface area (Å²) in [4.78, 5) is 0. The molecule has 0 atom stereocenters. The number of hydrogen-bond donors (Lipinski definition) is 0. The Hall–Kier alpha value is 1.74. The molecule has 0 amide bonds. The Morgan fingerprint density at radius 3 is 0.500 bits per heavy atom. The first-order valence-electron chi connectivity index (χ1n) is 0. The molecule has 0 aromatic carbocycles. The predicted molar refractivity (Wildman–Crippen MR) is 27.5 cm³/mol. The first-order chi connectivity index (χ1) is 0. The molecule has 0 aromatic heterocycles. The van der Waals surface area contributed by atoms with Gasteiger partial charge in [-0.1, -0.05) is 0 Å². The van der Waals surface area contributed by atoms with E-state index >= 15 is 0 Å². The van der Waals surface area contributed by atoms with E-state index in [1.807, 2.05) is 0 Å². The molecule has 0 nitrogen and oxygen atoms in total. The third-order valence-electron chi connectivity index (χ3n) is 0. The minimum absolute atomic E-state index is 0. The van der Waals surface area contributed by atoms with Gasteiger partial charge in [-0.25, -0.2) is 0 Å². The quantitative estimate of drug-likeness (QED) is 0.573. The van der Waals surface area contributed by atoms with Gasteiger partial charge in [0.25, 0.3) is 0 Å². The Balaban J connectivity index is 0. The second kappa shape index (κ2) is 21.9. The number of halogens is 3. The molecule has 0 rings (SSSR count). The van der Waals surface area contributed by atoms with Crippen LogP contribution in [0, 0.1) is 0 Å². The van der Waals surface area contributed by atoms with Crippen LogP contribution in [0.4, 0.5) is 0 Å². The van der Waals surface area contributed by atoms with E-state index in [9.17, 15) is 0 Å². The topological polar surface area (TPSA) is 0 Å². The van der Waals surface area contributed by atoms with Gasteiger partial charge in [0.15, 0.2) is 0 Å². The van der Waals surface area contributed by atoms with Crippen LogP contribution < -0.4 is 0 Å². The molecule has 0 fully saturated rings. The Kier molecular flexibility index (Phi) is 233. The fourth-order valence-corrected chi connectivity index (χ4v) is 0. The maximum absolute atomic E-state index is 0. The van der Waals surface area contributed by atoms with Crippen molar-refractivity contribution < 1.29 is 0 Å². The zero-order chi connectivity index (χ0) is 0. The molecular weight excluding hydrogens is 221 g/mol. The summed E-state index contributed by atoms with van der Waals surface area (Å²) in [6.07, 6.45) is 0. The molecule has 0 saturated carbocycles. The molecule has 0 bridgehead atoms. The average molecular weight is 224 g/mol. The molecule has 4 heteroatoms. The summed E-state index contributed by atoms with van der Waals surface area (Å²) in [6.45, 7) is 0. The van der Waals surface area contributed by atoms with Crippen LogP contribution in [0.5, 0.6) is 0 Å². The van der Waals surface area contributed by atoms with Crippen molar-refractivity contribution in [3.05, 3.63) is 0 Å². The second-order valence-electron chi connectivity index (χ2n) is 0. The predicted octanol–water partition coefficient (Wildman–Crippen LogP) is 0.885. The van der Waals surface area contributed by atoms with E-state index < -0.39 is 0 Å². The van der Waals surface area contributed by atoms with Gasteiger partial charge in [0.1, 0.15) is 0 Å². The molecule has 0 unspecified atom stereocenters. The van der Waals surface area contributed by atoms with E-state index in [2.05, 4.69) is 0 Å². The van der Waals surface area contributed by atoms with Crippen LogP contribution >= 0.6 is 37.2 Å². The Labute approximate surface area is 62.7 Å². The molecular formula is H3Cl3In. The standard InChI is InChI=1S/3ClH.In/h3*1H;. The van der Waals surface area contributed by atoms with Crippen molar-refractivity contribution >= 4 is 63.1 Å². The van der Waals surface area contributed by atoms with Crippen LogP contribution in [-0.2, 0) is 0 Å². The van der Waals surface area contributed by atoms with Crippen LogP contribution in [0.2, 0.25) is 0 Å². The SMILES string of the molecule is Cl.Cl.Cl.[In]. The number of hydrogen-bond acceptors (Lipinski definition) is 0. The molecule has 0 heterocycles. The van der Waals surface area contributed by atoms with Gasteiger partial charge in [0.05, 0.1) is 0 Å². The summed E-state index contributed by atoms with van der Waals surface area (Å²) in [7, 11) is 0. The van der Waals surface area contributed by atoms with Crippen LogP contribution in [0.1, 0.15) is 0 Å². The second-order valence-corrected chi connectivity index (χ2v) is 0. The summed E-state index contributed by atoms with van der Waals surface area (Å²) >= 11 is 0. The maximum atomic E-state index is 0. The summed E-state index contributed by atoms with van der Waals surface area (Å²) in [5.41, 5.74) is 0. The van der Waals surface area contributed by atoms with Gasteiger partial charge in [-0.2, -0.15) is 0 Å². The van der Waals surface area contributed by atoms with Gasteiger partial charge in [-0.05, 0) is 0 Å². The van der Waals surface area contributed by atoms with Gasteiger partial charge in [-0.3, -0.25) is 0 Å². The minimum Gasteiger partial charge on any atom is -0.147 e. The fraction of sp³-hybridized carbons (Fsp3) is 0. The normalized spacial score (nSPS) is 0. The molecule has 27 valence electrons. The smallest absolute Gasteiger partial charge is 0 e. The third kappa shape index (κ3) is 9.27. The van der Waals surface area contributed by atoms with Gasteiger partial charge < -0.3 is 0 Å². The van der Waals surface area contributed by atoms with E-state index in [0.29, 0.717) is 0 Å². The monoisotopic (exact) mass is 223 g/mol. The van der Waals surface area contributed by atoms with Gasteiger partial charge in [0, 0.05) is 25.8 Å². The molecule has 3 radical (unpaired) electrons. The van der Waals surface area contributed by atoms with E-state index in [4.69, 9.17) is 0 Å². The van der Waals surface area contributed by atoms with Crippen molar-refractivity contribution in [3.8, 4) is 0 Å². The maximum Gasteiger partial charge on any atom is 0 e. The van der Waals surface area contributed by atoms with Gasteiger partial charge in [0.2, 0.25) is 0 Å². The molecule has 0 aliphatic carbocycles. The van der Waals surface area contributed by atoms with E-state index in [1.165, 1.54) is 0 Å². The molecule has 4 heavy (non-hydrogen) atoms. The summed E-state index contributed by atoms with van der Waals surface area (Å²) in [6, 6.07) is 0. The van der Waals surface area contributed by atoms with Crippen LogP contribution in [0.3, 0.4) is 0 Å². The molecule has 0 spiro atoms. The summed E-state index contributed by atoms with van der Waals surface area (Å²) in [5, 5.41) is 0. The first kappa shape index (κ1) is 42.6. The fourth-order valence-electron chi connectivity index (χ4n) is 0. The Morgan fingerprint density at radius 2 is 0.500 bits per heavy atom. The van der Waals surface area contributed by atoms with Crippen LogP contribution in [0.25, 0.3) is 0 Å². The first-order valence-corrected chi connectivity index (χ1v) is 0. The van der Waals surface area contributed by atoms with Crippen LogP contribution in [0.15, 0.2) is 0 Å². The largest absolute Gasteiger partial charge is 0.147 e. The molecule has 0 N–H and O–H groups in total. The van der Waals surface area contributed by atoms with E-state index in [-0.39, 0.29) is 63.1 Å². The number of rotatable bonds is 0. The van der Waals surface area contributed by atoms with Crippen molar-refractivity contribution in [2.24, 2.45) is 0 Å². The summed E-state index contributed by atoms with van der Waals surface area (Å²) in [5.74, 6) is 0. The van der Waals surface area contributed by atoms with Crippen molar-refractivity contribution in [3.63, 3.8) is 0 Å². The average Bonchev–Trinajstić information content (AvgIpc) is 0. The van der Waals surface area contributed by atoms with Crippen molar-refractivity contribution in [2.45, 2.75) is 0 Å². The van der Waals surface area contributed by atoms with Gasteiger partial charge >= 0.3 is 0 Å². The molecule has 0 saturated heterocycles. The molecule has 0 aromatic rings. The van der Waals surface area contributed by atoms with Crippen molar-refractivity contribution in [2.75, 3.05) is 0 Å².